The zero-order valence-electron chi connectivity index (χ0n) is 15.2. The Morgan fingerprint density at radius 3 is 1.08 bits per heavy atom. The number of benzene rings is 3. The number of aliphatic hydroxyl groups is 1. The van der Waals surface area contributed by atoms with Crippen molar-refractivity contribution in [1.82, 2.24) is 0 Å². The summed E-state index contributed by atoms with van der Waals surface area (Å²) in [6.07, 6.45) is 0. The van der Waals surface area contributed by atoms with Gasteiger partial charge in [-0.2, -0.15) is 0 Å². The first kappa shape index (κ1) is 17.5. The summed E-state index contributed by atoms with van der Waals surface area (Å²) in [5.41, 5.74) is 3.55. The van der Waals surface area contributed by atoms with Crippen molar-refractivity contribution in [2.75, 3.05) is 0 Å². The van der Waals surface area contributed by atoms with E-state index in [1.54, 1.807) is 0 Å². The number of aryl methyl sites for hydroxylation is 3. The Bertz CT molecular complexity index is 800. The van der Waals surface area contributed by atoms with Crippen LogP contribution < -0.4 is 13.1 Å². The predicted octanol–water partition coefficient (Wildman–Crippen LogP) is 1.96. The van der Waals surface area contributed by atoms with Crippen molar-refractivity contribution in [1.29, 1.82) is 0 Å². The van der Waals surface area contributed by atoms with Crippen molar-refractivity contribution in [2.24, 2.45) is 0 Å². The Labute approximate surface area is 156 Å². The van der Waals surface area contributed by atoms with Crippen molar-refractivity contribution >= 4 is 26.6 Å². The van der Waals surface area contributed by atoms with Gasteiger partial charge in [-0.1, -0.05) is 0 Å². The van der Waals surface area contributed by atoms with E-state index >= 15 is 0 Å². The molecule has 1 saturated heterocycles. The molecule has 1 fully saturated rings. The normalized spacial score (nSPS) is 16.3. The molecule has 0 radical (unpaired) electrons. The number of rotatable bonds is 4. The first-order valence-corrected chi connectivity index (χ1v) is 13.0. The van der Waals surface area contributed by atoms with E-state index < -0.39 is 18.3 Å². The average Bonchev–Trinajstić information content (AvgIpc) is 3.39. The Morgan fingerprint density at radius 2 is 0.846 bits per heavy atom. The van der Waals surface area contributed by atoms with Gasteiger partial charge in [-0.25, -0.2) is 0 Å². The Kier molecular flexibility index (Phi) is 4.29. The summed E-state index contributed by atoms with van der Waals surface area (Å²) in [6.45, 7) is 6.19. The van der Waals surface area contributed by atoms with Gasteiger partial charge in [0.1, 0.15) is 0 Å². The first-order valence-electron chi connectivity index (χ1n) is 8.76. The maximum atomic E-state index is 11.2. The first-order chi connectivity index (χ1) is 12.5. The van der Waals surface area contributed by atoms with Crippen molar-refractivity contribution in [2.45, 2.75) is 25.5 Å². The van der Waals surface area contributed by atoms with Crippen molar-refractivity contribution in [3.8, 4) is 0 Å². The fourth-order valence-corrected chi connectivity index (χ4v) is 12.8. The van der Waals surface area contributed by atoms with Gasteiger partial charge in [0, 0.05) is 0 Å². The van der Waals surface area contributed by atoms with Crippen LogP contribution in [0.1, 0.15) is 16.7 Å². The summed E-state index contributed by atoms with van der Waals surface area (Å²) in [6, 6.07) is 25.2. The van der Waals surface area contributed by atoms with Crippen LogP contribution in [0, 0.1) is 20.8 Å². The average molecular weight is 410 g/mol. The van der Waals surface area contributed by atoms with Crippen LogP contribution in [0.2, 0.25) is 0 Å². The third-order valence-electron chi connectivity index (χ3n) is 5.17. The molecule has 3 aromatic rings. The molecule has 3 aromatic carbocycles. The van der Waals surface area contributed by atoms with Gasteiger partial charge in [0.2, 0.25) is 0 Å². The molecule has 0 amide bonds. The van der Waals surface area contributed by atoms with E-state index in [-0.39, 0.29) is 0 Å². The van der Waals surface area contributed by atoms with E-state index in [2.05, 4.69) is 93.6 Å². The van der Waals surface area contributed by atoms with Crippen LogP contribution in [0.25, 0.3) is 0 Å². The zero-order chi connectivity index (χ0) is 18.4. The summed E-state index contributed by atoms with van der Waals surface area (Å²) < 4.78 is 1.75. The van der Waals surface area contributed by atoms with Gasteiger partial charge in [-0.05, 0) is 0 Å². The fraction of sp³-hybridized carbons (Fsp3) is 0.182. The second-order valence-corrected chi connectivity index (χ2v) is 15.2. The van der Waals surface area contributed by atoms with Crippen LogP contribution in [0.4, 0.5) is 0 Å². The molecule has 26 heavy (non-hydrogen) atoms. The summed E-state index contributed by atoms with van der Waals surface area (Å²) >= 11 is -3.67. The van der Waals surface area contributed by atoms with Crippen LogP contribution in [-0.4, -0.2) is 23.4 Å². The molecular formula is C22H23AsO3. The van der Waals surface area contributed by atoms with E-state index in [1.165, 1.54) is 16.7 Å². The van der Waals surface area contributed by atoms with Gasteiger partial charge in [0.25, 0.3) is 0 Å². The maximum absolute atomic E-state index is 11.2. The molecule has 0 aliphatic carbocycles. The van der Waals surface area contributed by atoms with Crippen LogP contribution in [-0.2, 0) is 9.78 Å². The molecule has 4 rings (SSSR count). The van der Waals surface area contributed by atoms with Gasteiger partial charge in [0.05, 0.1) is 0 Å². The molecule has 0 bridgehead atoms. The molecule has 3 nitrogen and oxygen atoms in total. The molecule has 0 saturated carbocycles. The van der Waals surface area contributed by atoms with E-state index in [4.69, 9.17) is 9.78 Å². The van der Waals surface area contributed by atoms with Crippen LogP contribution in [0.15, 0.2) is 72.8 Å². The van der Waals surface area contributed by atoms with E-state index in [1.807, 2.05) is 0 Å². The Morgan fingerprint density at radius 1 is 0.577 bits per heavy atom. The third kappa shape index (κ3) is 2.72. The van der Waals surface area contributed by atoms with Gasteiger partial charge in [-0.15, -0.1) is 0 Å². The molecule has 4 heteroatoms. The second kappa shape index (κ2) is 6.36. The van der Waals surface area contributed by atoms with Crippen LogP contribution in [0.5, 0.6) is 0 Å². The molecule has 1 aliphatic rings. The van der Waals surface area contributed by atoms with E-state index in [0.29, 0.717) is 0 Å². The molecular weight excluding hydrogens is 387 g/mol. The zero-order valence-corrected chi connectivity index (χ0v) is 17.3. The minimum atomic E-state index is -3.67. The topological polar surface area (TPSA) is 45.3 Å². The molecule has 1 heterocycles. The number of hydrogen-bond acceptors (Lipinski definition) is 3. The van der Waals surface area contributed by atoms with Crippen LogP contribution >= 0.6 is 0 Å². The van der Waals surface area contributed by atoms with Gasteiger partial charge in [-0.3, -0.25) is 0 Å². The van der Waals surface area contributed by atoms with Crippen molar-refractivity contribution in [3.63, 3.8) is 0 Å². The summed E-state index contributed by atoms with van der Waals surface area (Å²) in [7, 11) is 0. The van der Waals surface area contributed by atoms with Gasteiger partial charge < -0.3 is 0 Å². The Balaban J connectivity index is 2.05. The van der Waals surface area contributed by atoms with Crippen LogP contribution in [0.3, 0.4) is 0 Å². The van der Waals surface area contributed by atoms with E-state index in [9.17, 15) is 5.11 Å². The SMILES string of the molecule is Cc1ccc([AsH](c2ccc(C)cc2)(c2ccc(C)cc2)C2(O)OO2)cc1. The van der Waals surface area contributed by atoms with Gasteiger partial charge in [0.15, 0.2) is 0 Å². The standard InChI is InChI=1S/C22H23AsO3/c1-16-4-10-19(11-5-16)23(22(24)25-26-22,20-12-6-17(2)7-13-20)21-14-8-18(3)9-15-21/h4-15,23-24H,1-3H3. The fourth-order valence-electron chi connectivity index (χ4n) is 3.62. The molecule has 1 N–H and O–H groups in total. The Hall–Kier alpha value is -1.90. The van der Waals surface area contributed by atoms with Crippen molar-refractivity contribution in [3.05, 3.63) is 89.5 Å². The molecule has 0 unspecified atom stereocenters. The molecule has 0 atom stereocenters. The summed E-state index contributed by atoms with van der Waals surface area (Å²) in [4.78, 5) is 10.5. The molecule has 134 valence electrons. The summed E-state index contributed by atoms with van der Waals surface area (Å²) in [5.74, 6) is 0. The third-order valence-corrected chi connectivity index (χ3v) is 15.1. The number of hydrogen-bond donors (Lipinski definition) is 1. The quantitative estimate of drug-likeness (QED) is 0.407. The second-order valence-electron chi connectivity index (χ2n) is 7.10. The molecule has 0 aromatic heterocycles. The summed E-state index contributed by atoms with van der Waals surface area (Å²) in [5, 5.41) is 11.2. The molecule has 0 spiro atoms. The van der Waals surface area contributed by atoms with E-state index in [0.717, 1.165) is 13.1 Å². The minimum absolute atomic E-state index is 1.10. The molecule has 1 aliphatic heterocycles. The predicted molar refractivity (Wildman–Crippen MR) is 107 cm³/mol. The van der Waals surface area contributed by atoms with Gasteiger partial charge >= 0.3 is 157 Å². The van der Waals surface area contributed by atoms with Crippen molar-refractivity contribution < 1.29 is 14.9 Å². The monoisotopic (exact) mass is 410 g/mol.